The van der Waals surface area contributed by atoms with Gasteiger partial charge in [0.1, 0.15) is 5.92 Å². The van der Waals surface area contributed by atoms with Gasteiger partial charge < -0.3 is 5.73 Å². The molecule has 0 saturated heterocycles. The van der Waals surface area contributed by atoms with Gasteiger partial charge in [-0.25, -0.2) is 0 Å². The smallest absolute Gasteiger partial charge is 0.235 e. The third-order valence-corrected chi connectivity index (χ3v) is 1.86. The van der Waals surface area contributed by atoms with Gasteiger partial charge in [0.25, 0.3) is 0 Å². The van der Waals surface area contributed by atoms with Crippen molar-refractivity contribution in [3.63, 3.8) is 0 Å². The third-order valence-electron chi connectivity index (χ3n) is 1.86. The van der Waals surface area contributed by atoms with Crippen molar-refractivity contribution in [2.45, 2.75) is 27.2 Å². The summed E-state index contributed by atoms with van der Waals surface area (Å²) in [6, 6.07) is 1.93. The molecule has 0 aromatic heterocycles. The molecule has 3 nitrogen and oxygen atoms in total. The minimum atomic E-state index is -0.632. The fraction of sp³-hybridized carbons (Fsp3) is 0.778. The number of hydrogen-bond acceptors (Lipinski definition) is 2. The number of rotatable bonds is 4. The van der Waals surface area contributed by atoms with Crippen LogP contribution >= 0.6 is 0 Å². The molecule has 0 aromatic carbocycles. The summed E-state index contributed by atoms with van der Waals surface area (Å²) in [5.74, 6) is -0.583. The number of nitrogens with two attached hydrogens (primary N) is 1. The molecular weight excluding hydrogens is 152 g/mol. The number of primary amides is 1. The lowest BCUT2D eigenvalue weighted by Gasteiger charge is -2.16. The van der Waals surface area contributed by atoms with E-state index in [1.807, 2.05) is 13.0 Å². The van der Waals surface area contributed by atoms with E-state index in [4.69, 9.17) is 11.0 Å². The Hall–Kier alpha value is -1.04. The van der Waals surface area contributed by atoms with Crippen LogP contribution in [-0.2, 0) is 4.79 Å². The second-order valence-corrected chi connectivity index (χ2v) is 3.62. The molecular formula is C9H16N2O. The van der Waals surface area contributed by atoms with Crippen LogP contribution in [0.5, 0.6) is 0 Å². The summed E-state index contributed by atoms with van der Waals surface area (Å²) in [6.07, 6.45) is 0.862. The highest BCUT2D eigenvalue weighted by molar-refractivity contribution is 5.79. The Kier molecular flexibility index (Phi) is 4.35. The van der Waals surface area contributed by atoms with Gasteiger partial charge in [-0.3, -0.25) is 4.79 Å². The fourth-order valence-electron chi connectivity index (χ4n) is 1.35. The molecule has 0 aliphatic heterocycles. The van der Waals surface area contributed by atoms with E-state index >= 15 is 0 Å². The first-order valence-electron chi connectivity index (χ1n) is 4.18. The molecule has 0 aliphatic carbocycles. The van der Waals surface area contributed by atoms with Gasteiger partial charge in [-0.05, 0) is 18.3 Å². The second-order valence-electron chi connectivity index (χ2n) is 3.62. The van der Waals surface area contributed by atoms with E-state index in [1.54, 1.807) is 0 Å². The Balaban J connectivity index is 4.15. The lowest BCUT2D eigenvalue weighted by Crippen LogP contribution is -2.28. The molecule has 0 radical (unpaired) electrons. The van der Waals surface area contributed by atoms with Crippen LogP contribution in [0.3, 0.4) is 0 Å². The molecule has 68 valence electrons. The van der Waals surface area contributed by atoms with Crippen LogP contribution in [0.15, 0.2) is 0 Å². The Morgan fingerprint density at radius 3 is 2.25 bits per heavy atom. The van der Waals surface area contributed by atoms with E-state index in [-0.39, 0.29) is 5.92 Å². The van der Waals surface area contributed by atoms with E-state index in [2.05, 4.69) is 13.8 Å². The van der Waals surface area contributed by atoms with E-state index in [9.17, 15) is 4.79 Å². The van der Waals surface area contributed by atoms with Gasteiger partial charge in [0.05, 0.1) is 6.07 Å². The average Bonchev–Trinajstić information content (AvgIpc) is 1.85. The Labute approximate surface area is 73.6 Å². The summed E-state index contributed by atoms with van der Waals surface area (Å²) in [7, 11) is 0. The summed E-state index contributed by atoms with van der Waals surface area (Å²) < 4.78 is 0. The van der Waals surface area contributed by atoms with Crippen molar-refractivity contribution >= 4 is 5.91 Å². The summed E-state index contributed by atoms with van der Waals surface area (Å²) in [6.45, 7) is 6.01. The van der Waals surface area contributed by atoms with Crippen LogP contribution in [0.2, 0.25) is 0 Å². The molecule has 1 amide bonds. The quantitative estimate of drug-likeness (QED) is 0.687. The number of carbonyl (C=O) groups is 1. The van der Waals surface area contributed by atoms with Gasteiger partial charge >= 0.3 is 0 Å². The summed E-state index contributed by atoms with van der Waals surface area (Å²) >= 11 is 0. The Morgan fingerprint density at radius 2 is 2.00 bits per heavy atom. The monoisotopic (exact) mass is 168 g/mol. The molecule has 0 fully saturated rings. The van der Waals surface area contributed by atoms with Gasteiger partial charge in [0, 0.05) is 0 Å². The molecule has 12 heavy (non-hydrogen) atoms. The zero-order valence-electron chi connectivity index (χ0n) is 7.87. The topological polar surface area (TPSA) is 66.9 Å². The van der Waals surface area contributed by atoms with Gasteiger partial charge in [-0.2, -0.15) is 5.26 Å². The van der Waals surface area contributed by atoms with Crippen molar-refractivity contribution in [3.05, 3.63) is 0 Å². The molecule has 0 bridgehead atoms. The van der Waals surface area contributed by atoms with Crippen molar-refractivity contribution in [1.82, 2.24) is 0 Å². The van der Waals surface area contributed by atoms with Crippen molar-refractivity contribution in [2.24, 2.45) is 23.5 Å². The predicted octanol–water partition coefficient (Wildman–Crippen LogP) is 1.29. The zero-order chi connectivity index (χ0) is 9.72. The van der Waals surface area contributed by atoms with Crippen LogP contribution in [0.4, 0.5) is 0 Å². The maximum absolute atomic E-state index is 10.8. The van der Waals surface area contributed by atoms with Gasteiger partial charge in [0.15, 0.2) is 0 Å². The van der Waals surface area contributed by atoms with Crippen LogP contribution in [-0.4, -0.2) is 5.91 Å². The lowest BCUT2D eigenvalue weighted by atomic mass is 9.87. The second kappa shape index (κ2) is 4.76. The van der Waals surface area contributed by atoms with Gasteiger partial charge in [-0.15, -0.1) is 0 Å². The number of nitriles is 1. The van der Waals surface area contributed by atoms with Crippen LogP contribution < -0.4 is 5.73 Å². The molecule has 0 unspecified atom stereocenters. The minimum absolute atomic E-state index is 0.0625. The first-order valence-corrected chi connectivity index (χ1v) is 4.18. The predicted molar refractivity (Wildman–Crippen MR) is 46.9 cm³/mol. The van der Waals surface area contributed by atoms with Crippen LogP contribution in [0.25, 0.3) is 0 Å². The maximum atomic E-state index is 10.8. The standard InChI is InChI=1S/C9H16N2O/c1-6(2)4-7(3)8(5-10)9(11)12/h6-8H,4H2,1-3H3,(H2,11,12)/t7-,8+/m0/s1. The van der Waals surface area contributed by atoms with Crippen molar-refractivity contribution < 1.29 is 4.79 Å². The molecule has 0 rings (SSSR count). The molecule has 0 aromatic rings. The molecule has 0 heterocycles. The first kappa shape index (κ1) is 11.0. The molecule has 3 heteroatoms. The highest BCUT2D eigenvalue weighted by Crippen LogP contribution is 2.19. The van der Waals surface area contributed by atoms with E-state index in [0.717, 1.165) is 6.42 Å². The van der Waals surface area contributed by atoms with Crippen LogP contribution in [0.1, 0.15) is 27.2 Å². The number of carbonyl (C=O) groups excluding carboxylic acids is 1. The third kappa shape index (κ3) is 3.38. The normalized spacial score (nSPS) is 15.2. The fourth-order valence-corrected chi connectivity index (χ4v) is 1.35. The van der Waals surface area contributed by atoms with E-state index in [0.29, 0.717) is 5.92 Å². The Morgan fingerprint density at radius 1 is 1.50 bits per heavy atom. The van der Waals surface area contributed by atoms with Crippen molar-refractivity contribution in [2.75, 3.05) is 0 Å². The molecule has 0 aliphatic rings. The number of nitrogens with zero attached hydrogens (tertiary/aromatic N) is 1. The number of amides is 1. The van der Waals surface area contributed by atoms with E-state index in [1.165, 1.54) is 0 Å². The molecule has 0 saturated carbocycles. The highest BCUT2D eigenvalue weighted by Gasteiger charge is 2.22. The van der Waals surface area contributed by atoms with Crippen LogP contribution in [0, 0.1) is 29.1 Å². The van der Waals surface area contributed by atoms with Crippen molar-refractivity contribution in [3.8, 4) is 6.07 Å². The SMILES string of the molecule is CC(C)C[C@H](C)[C@@H](C#N)C(N)=O. The van der Waals surface area contributed by atoms with Crippen molar-refractivity contribution in [1.29, 1.82) is 5.26 Å². The largest absolute Gasteiger partial charge is 0.369 e. The molecule has 2 N–H and O–H groups in total. The first-order chi connectivity index (χ1) is 5.49. The average molecular weight is 168 g/mol. The zero-order valence-corrected chi connectivity index (χ0v) is 7.87. The maximum Gasteiger partial charge on any atom is 0.235 e. The molecule has 2 atom stereocenters. The summed E-state index contributed by atoms with van der Waals surface area (Å²) in [5, 5.41) is 8.63. The lowest BCUT2D eigenvalue weighted by molar-refractivity contribution is -0.121. The summed E-state index contributed by atoms with van der Waals surface area (Å²) in [4.78, 5) is 10.8. The summed E-state index contributed by atoms with van der Waals surface area (Å²) in [5.41, 5.74) is 5.06. The highest BCUT2D eigenvalue weighted by atomic mass is 16.1. The minimum Gasteiger partial charge on any atom is -0.369 e. The molecule has 0 spiro atoms. The van der Waals surface area contributed by atoms with Gasteiger partial charge in [0.2, 0.25) is 5.91 Å². The van der Waals surface area contributed by atoms with Gasteiger partial charge in [-0.1, -0.05) is 20.8 Å². The Bertz CT molecular complexity index is 193. The number of hydrogen-bond donors (Lipinski definition) is 1. The van der Waals surface area contributed by atoms with E-state index < -0.39 is 11.8 Å².